The van der Waals surface area contributed by atoms with Gasteiger partial charge in [-0.15, -0.1) is 0 Å². The minimum atomic E-state index is -1.64. The molecule has 1 amide bonds. The van der Waals surface area contributed by atoms with Gasteiger partial charge in [0.05, 0.1) is 5.69 Å². The van der Waals surface area contributed by atoms with E-state index >= 15 is 0 Å². The molecule has 0 radical (unpaired) electrons. The van der Waals surface area contributed by atoms with Crippen LogP contribution in [0.2, 0.25) is 0 Å². The Hall–Kier alpha value is -2.28. The van der Waals surface area contributed by atoms with Crippen LogP contribution < -0.4 is 4.72 Å². The van der Waals surface area contributed by atoms with Gasteiger partial charge in [0.1, 0.15) is 16.8 Å². The molecule has 0 saturated heterocycles. The summed E-state index contributed by atoms with van der Waals surface area (Å²) < 4.78 is 27.8. The van der Waals surface area contributed by atoms with E-state index in [1.807, 2.05) is 0 Å². The number of nitrogens with one attached hydrogen (secondary N) is 1. The van der Waals surface area contributed by atoms with Gasteiger partial charge in [0.15, 0.2) is 5.69 Å². The summed E-state index contributed by atoms with van der Waals surface area (Å²) in [5, 5.41) is 5.22. The molecule has 1 unspecified atom stereocenters. The lowest BCUT2D eigenvalue weighted by atomic mass is 10.3. The SMILES string of the molecule is C=CS(=O)NC(=O)c1cc(C)n(-c2ccc(F)cc2)n1. The van der Waals surface area contributed by atoms with Gasteiger partial charge in [-0.3, -0.25) is 9.52 Å². The van der Waals surface area contributed by atoms with Crippen LogP contribution in [0.1, 0.15) is 16.2 Å². The number of benzene rings is 1. The number of amides is 1. The fourth-order valence-corrected chi connectivity index (χ4v) is 1.99. The summed E-state index contributed by atoms with van der Waals surface area (Å²) in [5.41, 5.74) is 1.46. The average Bonchev–Trinajstić information content (AvgIpc) is 2.81. The van der Waals surface area contributed by atoms with E-state index in [0.29, 0.717) is 11.4 Å². The van der Waals surface area contributed by atoms with Crippen molar-refractivity contribution >= 4 is 16.9 Å². The van der Waals surface area contributed by atoms with Gasteiger partial charge >= 0.3 is 0 Å². The minimum absolute atomic E-state index is 0.127. The number of halogens is 1. The average molecular weight is 293 g/mol. The number of aryl methyl sites for hydroxylation is 1. The second-order valence-electron chi connectivity index (χ2n) is 3.95. The monoisotopic (exact) mass is 293 g/mol. The highest BCUT2D eigenvalue weighted by Crippen LogP contribution is 2.13. The normalized spacial score (nSPS) is 11.9. The zero-order valence-corrected chi connectivity index (χ0v) is 11.5. The maximum atomic E-state index is 12.9. The van der Waals surface area contributed by atoms with Gasteiger partial charge in [-0.05, 0) is 37.3 Å². The lowest BCUT2D eigenvalue weighted by Crippen LogP contribution is -2.24. The summed E-state index contributed by atoms with van der Waals surface area (Å²) >= 11 is 0. The first-order chi connectivity index (χ1) is 9.51. The van der Waals surface area contributed by atoms with Crippen molar-refractivity contribution in [3.05, 3.63) is 59.5 Å². The Morgan fingerprint density at radius 2 is 2.10 bits per heavy atom. The summed E-state index contributed by atoms with van der Waals surface area (Å²) in [6, 6.07) is 7.28. The second-order valence-corrected chi connectivity index (χ2v) is 5.09. The number of nitrogens with zero attached hydrogens (tertiary/aromatic N) is 2. The van der Waals surface area contributed by atoms with Crippen LogP contribution >= 0.6 is 0 Å². The maximum Gasteiger partial charge on any atom is 0.283 e. The quantitative estimate of drug-likeness (QED) is 0.935. The topological polar surface area (TPSA) is 64.0 Å². The van der Waals surface area contributed by atoms with Crippen LogP contribution in [0.15, 0.2) is 42.3 Å². The summed E-state index contributed by atoms with van der Waals surface area (Å²) in [4.78, 5) is 11.8. The largest absolute Gasteiger partial charge is 0.283 e. The molecule has 20 heavy (non-hydrogen) atoms. The molecule has 1 atom stereocenters. The predicted molar refractivity (Wildman–Crippen MR) is 74.1 cm³/mol. The minimum Gasteiger partial charge on any atom is -0.266 e. The van der Waals surface area contributed by atoms with E-state index in [1.165, 1.54) is 16.8 Å². The van der Waals surface area contributed by atoms with Gasteiger partial charge in [-0.25, -0.2) is 13.3 Å². The molecule has 1 N–H and O–H groups in total. The van der Waals surface area contributed by atoms with Crippen molar-refractivity contribution < 1.29 is 13.4 Å². The molecule has 2 aromatic rings. The van der Waals surface area contributed by atoms with Crippen molar-refractivity contribution in [1.82, 2.24) is 14.5 Å². The lowest BCUT2D eigenvalue weighted by molar-refractivity contribution is 0.0978. The van der Waals surface area contributed by atoms with Crippen LogP contribution in [0.4, 0.5) is 4.39 Å². The molecule has 1 aromatic carbocycles. The number of aromatic nitrogens is 2. The van der Waals surface area contributed by atoms with Crippen LogP contribution in [-0.4, -0.2) is 19.9 Å². The first-order valence-corrected chi connectivity index (χ1v) is 6.89. The van der Waals surface area contributed by atoms with Crippen molar-refractivity contribution in [2.24, 2.45) is 0 Å². The smallest absolute Gasteiger partial charge is 0.266 e. The lowest BCUT2D eigenvalue weighted by Gasteiger charge is -2.03. The van der Waals surface area contributed by atoms with Crippen LogP contribution in [0, 0.1) is 12.7 Å². The Morgan fingerprint density at radius 3 is 2.70 bits per heavy atom. The summed E-state index contributed by atoms with van der Waals surface area (Å²) in [7, 11) is -1.64. The van der Waals surface area contributed by atoms with E-state index in [9.17, 15) is 13.4 Å². The molecule has 1 heterocycles. The highest BCUT2D eigenvalue weighted by atomic mass is 32.2. The molecule has 0 saturated carbocycles. The highest BCUT2D eigenvalue weighted by Gasteiger charge is 2.14. The zero-order chi connectivity index (χ0) is 14.7. The zero-order valence-electron chi connectivity index (χ0n) is 10.7. The van der Waals surface area contributed by atoms with Crippen LogP contribution in [0.25, 0.3) is 5.69 Å². The third-order valence-electron chi connectivity index (χ3n) is 2.54. The third kappa shape index (κ3) is 3.00. The number of carbonyl (C=O) groups excluding carboxylic acids is 1. The first-order valence-electron chi connectivity index (χ1n) is 5.68. The molecule has 1 aromatic heterocycles. The Labute approximate surface area is 117 Å². The van der Waals surface area contributed by atoms with E-state index in [-0.39, 0.29) is 11.5 Å². The van der Waals surface area contributed by atoms with Crippen molar-refractivity contribution in [2.45, 2.75) is 6.92 Å². The van der Waals surface area contributed by atoms with Crippen molar-refractivity contribution in [3.8, 4) is 5.69 Å². The van der Waals surface area contributed by atoms with E-state index in [2.05, 4.69) is 16.4 Å². The molecule has 0 aliphatic carbocycles. The van der Waals surface area contributed by atoms with Gasteiger partial charge in [0.2, 0.25) is 0 Å². The molecule has 5 nitrogen and oxygen atoms in total. The van der Waals surface area contributed by atoms with E-state index in [0.717, 1.165) is 5.41 Å². The summed E-state index contributed by atoms with van der Waals surface area (Å²) in [6.45, 7) is 5.07. The molecule has 0 fully saturated rings. The van der Waals surface area contributed by atoms with E-state index in [1.54, 1.807) is 25.1 Å². The van der Waals surface area contributed by atoms with Crippen LogP contribution in [-0.2, 0) is 11.0 Å². The highest BCUT2D eigenvalue weighted by molar-refractivity contribution is 7.86. The van der Waals surface area contributed by atoms with E-state index in [4.69, 9.17) is 0 Å². The molecular formula is C13H12FN3O2S. The summed E-state index contributed by atoms with van der Waals surface area (Å²) in [5.74, 6) is -0.912. The Balaban J connectivity index is 2.30. The Kier molecular flexibility index (Phi) is 4.09. The number of carbonyl (C=O) groups is 1. The maximum absolute atomic E-state index is 12.9. The first kappa shape index (κ1) is 14.1. The number of hydrogen-bond acceptors (Lipinski definition) is 3. The fraction of sp³-hybridized carbons (Fsp3) is 0.0769. The van der Waals surface area contributed by atoms with Gasteiger partial charge in [-0.2, -0.15) is 5.10 Å². The molecule has 0 aliphatic rings. The molecule has 2 rings (SSSR count). The van der Waals surface area contributed by atoms with Crippen molar-refractivity contribution in [3.63, 3.8) is 0 Å². The van der Waals surface area contributed by atoms with Crippen molar-refractivity contribution in [1.29, 1.82) is 0 Å². The second kappa shape index (κ2) is 5.79. The number of rotatable bonds is 4. The van der Waals surface area contributed by atoms with Crippen molar-refractivity contribution in [2.75, 3.05) is 0 Å². The molecular weight excluding hydrogens is 281 g/mol. The van der Waals surface area contributed by atoms with Gasteiger partial charge in [0.25, 0.3) is 5.91 Å². The predicted octanol–water partition coefficient (Wildman–Crippen LogP) is 1.86. The Bertz CT molecular complexity index is 679. The van der Waals surface area contributed by atoms with Crippen LogP contribution in [0.5, 0.6) is 0 Å². The van der Waals surface area contributed by atoms with Gasteiger partial charge < -0.3 is 0 Å². The number of hydrogen-bond donors (Lipinski definition) is 1. The molecule has 0 spiro atoms. The van der Waals surface area contributed by atoms with E-state index < -0.39 is 16.9 Å². The molecule has 0 bridgehead atoms. The summed E-state index contributed by atoms with van der Waals surface area (Å²) in [6.07, 6.45) is 0. The van der Waals surface area contributed by atoms with Gasteiger partial charge in [0, 0.05) is 11.1 Å². The van der Waals surface area contributed by atoms with Crippen LogP contribution in [0.3, 0.4) is 0 Å². The Morgan fingerprint density at radius 1 is 1.45 bits per heavy atom. The standard InChI is InChI=1S/C13H12FN3O2S/c1-3-20(19)16-13(18)12-8-9(2)17(15-12)11-6-4-10(14)5-7-11/h3-8H,1H2,2H3,(H,16,18). The third-order valence-corrected chi connectivity index (χ3v) is 3.23. The molecule has 7 heteroatoms. The molecule has 0 aliphatic heterocycles. The molecule has 104 valence electrons. The van der Waals surface area contributed by atoms with Gasteiger partial charge in [-0.1, -0.05) is 6.58 Å². The fourth-order valence-electron chi connectivity index (χ4n) is 1.61.